The average molecular weight is 127 g/mol. The predicted molar refractivity (Wildman–Crippen MR) is 18.7 cm³/mol. The van der Waals surface area contributed by atoms with Crippen LogP contribution in [0.15, 0.2) is 0 Å². The van der Waals surface area contributed by atoms with Crippen LogP contribution in [0.25, 0.3) is 0 Å². The number of aliphatic carboxylic acids is 1. The van der Waals surface area contributed by atoms with Crippen LogP contribution in [0.3, 0.4) is 0 Å². The molecule has 0 aliphatic heterocycles. The minimum Gasteiger partial charge on any atom is -0.548 e. The summed E-state index contributed by atoms with van der Waals surface area (Å²) in [4.78, 5) is 9.46. The monoisotopic (exact) mass is 127 g/mol. The van der Waals surface area contributed by atoms with E-state index in [4.69, 9.17) is 5.73 Å². The standard InChI is InChI=1S/C3H7NO2.K/c1-2(4)3(5)6;/h2H,4H2,1H3,(H,5,6);/q;+1/p-1/t2-;/m0./s1. The molecule has 4 heteroatoms. The molecule has 3 nitrogen and oxygen atoms in total. The third-order valence-corrected chi connectivity index (χ3v) is 0.372. The Hall–Kier alpha value is 1.07. The number of hydrogen-bond donors (Lipinski definition) is 1. The zero-order valence-corrected chi connectivity index (χ0v) is 7.59. The van der Waals surface area contributed by atoms with Crippen molar-refractivity contribution in [1.82, 2.24) is 0 Å². The van der Waals surface area contributed by atoms with E-state index < -0.39 is 12.0 Å². The second-order valence-corrected chi connectivity index (χ2v) is 1.11. The third kappa shape index (κ3) is 7.07. The minimum absolute atomic E-state index is 0. The quantitative estimate of drug-likeness (QED) is 0.359. The van der Waals surface area contributed by atoms with Crippen LogP contribution in [0.4, 0.5) is 0 Å². The van der Waals surface area contributed by atoms with Crippen LogP contribution < -0.4 is 62.2 Å². The van der Waals surface area contributed by atoms with Crippen molar-refractivity contribution in [3.63, 3.8) is 0 Å². The van der Waals surface area contributed by atoms with Gasteiger partial charge in [-0.25, -0.2) is 0 Å². The topological polar surface area (TPSA) is 66.2 Å². The fourth-order valence-corrected chi connectivity index (χ4v) is 0. The molecular weight excluding hydrogens is 121 g/mol. The molecule has 36 valence electrons. The third-order valence-electron chi connectivity index (χ3n) is 0.372. The second-order valence-electron chi connectivity index (χ2n) is 1.11. The molecule has 7 heavy (non-hydrogen) atoms. The summed E-state index contributed by atoms with van der Waals surface area (Å²) in [7, 11) is 0. The van der Waals surface area contributed by atoms with E-state index >= 15 is 0 Å². The Kier molecular flexibility index (Phi) is 8.14. The first-order valence-electron chi connectivity index (χ1n) is 1.61. The first-order valence-corrected chi connectivity index (χ1v) is 1.61. The van der Waals surface area contributed by atoms with E-state index in [9.17, 15) is 9.90 Å². The maximum absolute atomic E-state index is 9.46. The molecule has 0 aromatic rings. The van der Waals surface area contributed by atoms with E-state index in [1.807, 2.05) is 0 Å². The SMILES string of the molecule is C[C@H](N)C(=O)[O-].[K+]. The van der Waals surface area contributed by atoms with Gasteiger partial charge in [-0.1, -0.05) is 0 Å². The summed E-state index contributed by atoms with van der Waals surface area (Å²) in [5.41, 5.74) is 4.77. The van der Waals surface area contributed by atoms with Crippen molar-refractivity contribution in [3.8, 4) is 0 Å². The molecule has 0 aromatic carbocycles. The van der Waals surface area contributed by atoms with Crippen molar-refractivity contribution in [1.29, 1.82) is 0 Å². The van der Waals surface area contributed by atoms with E-state index in [0.29, 0.717) is 0 Å². The summed E-state index contributed by atoms with van der Waals surface area (Å²) < 4.78 is 0. The Bertz CT molecular complexity index is 64.0. The van der Waals surface area contributed by atoms with Crippen molar-refractivity contribution >= 4 is 5.97 Å². The first kappa shape index (κ1) is 10.9. The second kappa shape index (κ2) is 5.21. The molecule has 0 fully saturated rings. The molecule has 2 N–H and O–H groups in total. The summed E-state index contributed by atoms with van der Waals surface area (Å²) in [5.74, 6) is -1.21. The van der Waals surface area contributed by atoms with Crippen LogP contribution in [0.5, 0.6) is 0 Å². The van der Waals surface area contributed by atoms with Crippen molar-refractivity contribution in [2.24, 2.45) is 5.73 Å². The maximum atomic E-state index is 9.46. The van der Waals surface area contributed by atoms with E-state index in [0.717, 1.165) is 0 Å². The molecule has 0 aliphatic carbocycles. The molecule has 0 aromatic heterocycles. The van der Waals surface area contributed by atoms with Crippen molar-refractivity contribution in [2.45, 2.75) is 13.0 Å². The zero-order chi connectivity index (χ0) is 5.15. The number of carboxylic acid groups (broad SMARTS) is 1. The van der Waals surface area contributed by atoms with Gasteiger partial charge in [0, 0.05) is 6.04 Å². The Morgan fingerprint density at radius 1 is 1.86 bits per heavy atom. The molecule has 0 rings (SSSR count). The molecule has 0 radical (unpaired) electrons. The Balaban J connectivity index is 0. The van der Waals surface area contributed by atoms with Crippen LogP contribution in [-0.4, -0.2) is 12.0 Å². The van der Waals surface area contributed by atoms with Crippen LogP contribution in [0, 0.1) is 0 Å². The number of carboxylic acids is 1. The largest absolute Gasteiger partial charge is 1.00 e. The summed E-state index contributed by atoms with van der Waals surface area (Å²) in [6.45, 7) is 1.36. The summed E-state index contributed by atoms with van der Waals surface area (Å²) in [6, 6.07) is -0.843. The number of nitrogens with two attached hydrogens (primary N) is 1. The predicted octanol–water partition coefficient (Wildman–Crippen LogP) is -4.91. The molecule has 1 atom stereocenters. The average Bonchev–Trinajstić information content (AvgIpc) is 1.36. The molecule has 0 bridgehead atoms. The Morgan fingerprint density at radius 2 is 2.00 bits per heavy atom. The first-order chi connectivity index (χ1) is 2.64. The van der Waals surface area contributed by atoms with Gasteiger partial charge in [-0.3, -0.25) is 0 Å². The zero-order valence-electron chi connectivity index (χ0n) is 4.47. The Morgan fingerprint density at radius 3 is 2.00 bits per heavy atom. The molecule has 0 saturated heterocycles. The normalized spacial score (nSPS) is 11.7. The molecule has 0 saturated carbocycles. The summed E-state index contributed by atoms with van der Waals surface area (Å²) >= 11 is 0. The van der Waals surface area contributed by atoms with Gasteiger partial charge >= 0.3 is 51.4 Å². The molecule has 0 heterocycles. The molecular formula is C3H6KNO2. The van der Waals surface area contributed by atoms with E-state index in [1.54, 1.807) is 0 Å². The van der Waals surface area contributed by atoms with Crippen LogP contribution in [-0.2, 0) is 4.79 Å². The van der Waals surface area contributed by atoms with Gasteiger partial charge in [-0.15, -0.1) is 0 Å². The number of carbonyl (C=O) groups is 1. The van der Waals surface area contributed by atoms with E-state index in [-0.39, 0.29) is 51.4 Å². The molecule has 0 aliphatic rings. The van der Waals surface area contributed by atoms with Crippen molar-refractivity contribution in [2.75, 3.05) is 0 Å². The minimum atomic E-state index is -1.21. The number of carbonyl (C=O) groups excluding carboxylic acids is 1. The van der Waals surface area contributed by atoms with Crippen LogP contribution in [0.1, 0.15) is 6.92 Å². The molecule has 0 amide bonds. The van der Waals surface area contributed by atoms with Crippen molar-refractivity contribution in [3.05, 3.63) is 0 Å². The number of hydrogen-bond acceptors (Lipinski definition) is 3. The smallest absolute Gasteiger partial charge is 0.548 e. The van der Waals surface area contributed by atoms with Crippen LogP contribution in [0.2, 0.25) is 0 Å². The number of rotatable bonds is 1. The van der Waals surface area contributed by atoms with Crippen molar-refractivity contribution < 1.29 is 61.3 Å². The summed E-state index contributed by atoms with van der Waals surface area (Å²) in [5, 5.41) is 9.46. The molecule has 0 spiro atoms. The van der Waals surface area contributed by atoms with E-state index in [2.05, 4.69) is 0 Å². The van der Waals surface area contributed by atoms with Crippen LogP contribution >= 0.6 is 0 Å². The van der Waals surface area contributed by atoms with Gasteiger partial charge in [0.05, 0.1) is 5.97 Å². The van der Waals surface area contributed by atoms with Gasteiger partial charge in [0.15, 0.2) is 0 Å². The van der Waals surface area contributed by atoms with Gasteiger partial charge in [-0.05, 0) is 6.92 Å². The van der Waals surface area contributed by atoms with E-state index in [1.165, 1.54) is 6.92 Å². The van der Waals surface area contributed by atoms with Gasteiger partial charge in [-0.2, -0.15) is 0 Å². The fraction of sp³-hybridized carbons (Fsp3) is 0.667. The van der Waals surface area contributed by atoms with Gasteiger partial charge in [0.1, 0.15) is 0 Å². The summed E-state index contributed by atoms with van der Waals surface area (Å²) in [6.07, 6.45) is 0. The Labute approximate surface area is 84.7 Å². The van der Waals surface area contributed by atoms with Gasteiger partial charge in [0.2, 0.25) is 0 Å². The molecule has 0 unspecified atom stereocenters. The fourth-order valence-electron chi connectivity index (χ4n) is 0. The van der Waals surface area contributed by atoms with Gasteiger partial charge in [0.25, 0.3) is 0 Å². The maximum Gasteiger partial charge on any atom is 1.00 e. The van der Waals surface area contributed by atoms with Gasteiger partial charge < -0.3 is 15.6 Å².